The number of carbonyl (C=O) groups excluding carboxylic acids is 2. The number of carbonyl (C=O) groups is 2. The van der Waals surface area contributed by atoms with E-state index in [9.17, 15) is 23.5 Å². The first-order chi connectivity index (χ1) is 15.9. The summed E-state index contributed by atoms with van der Waals surface area (Å²) >= 11 is 2.26. The Labute approximate surface area is 194 Å². The van der Waals surface area contributed by atoms with Crippen LogP contribution >= 0.6 is 22.7 Å². The highest BCUT2D eigenvalue weighted by molar-refractivity contribution is 7.22. The lowest BCUT2D eigenvalue weighted by Gasteiger charge is -2.21. The van der Waals surface area contributed by atoms with Crippen LogP contribution in [-0.2, 0) is 9.59 Å². The van der Waals surface area contributed by atoms with Crippen LogP contribution in [0.25, 0.3) is 16.0 Å². The van der Waals surface area contributed by atoms with E-state index < -0.39 is 29.4 Å². The van der Waals surface area contributed by atoms with Crippen molar-refractivity contribution in [3.05, 3.63) is 81.6 Å². The molecular formula is C23H14F2N2O4S2. The number of hydrogen-bond donors (Lipinski definition) is 1. The van der Waals surface area contributed by atoms with E-state index in [1.54, 1.807) is 41.8 Å². The van der Waals surface area contributed by atoms with Gasteiger partial charge in [0, 0.05) is 16.5 Å². The van der Waals surface area contributed by atoms with Crippen molar-refractivity contribution in [1.29, 1.82) is 0 Å². The largest absolute Gasteiger partial charge is 0.507 e. The average Bonchev–Trinajstić information content (AvgIpc) is 3.53. The average molecular weight is 485 g/mol. The van der Waals surface area contributed by atoms with Crippen molar-refractivity contribution in [2.24, 2.45) is 0 Å². The van der Waals surface area contributed by atoms with Gasteiger partial charge in [0.15, 0.2) is 16.8 Å². The van der Waals surface area contributed by atoms with Gasteiger partial charge in [-0.25, -0.2) is 13.8 Å². The normalized spacial score (nSPS) is 17.8. The smallest absolute Gasteiger partial charge is 0.301 e. The van der Waals surface area contributed by atoms with Gasteiger partial charge in [0.25, 0.3) is 5.78 Å². The summed E-state index contributed by atoms with van der Waals surface area (Å²) in [5.41, 5.74) is 0.406. The number of aliphatic hydroxyl groups is 1. The molecule has 4 aromatic rings. The quantitative estimate of drug-likeness (QED) is 0.243. The van der Waals surface area contributed by atoms with E-state index in [2.05, 4.69) is 4.98 Å². The number of fused-ring (bicyclic) bond motifs is 1. The number of amides is 1. The number of thiazole rings is 1. The number of methoxy groups -OCH3 is 1. The van der Waals surface area contributed by atoms with E-state index in [1.165, 1.54) is 23.3 Å². The molecule has 33 heavy (non-hydrogen) atoms. The molecule has 2 aromatic heterocycles. The molecule has 1 aliphatic rings. The first kappa shape index (κ1) is 21.2. The number of aromatic nitrogens is 1. The number of hydrogen-bond acceptors (Lipinski definition) is 7. The number of halogens is 2. The lowest BCUT2D eigenvalue weighted by Crippen LogP contribution is -2.28. The number of rotatable bonds is 4. The lowest BCUT2D eigenvalue weighted by atomic mass is 10.00. The van der Waals surface area contributed by atoms with Gasteiger partial charge in [-0.2, -0.15) is 0 Å². The Balaban J connectivity index is 1.69. The maximum Gasteiger partial charge on any atom is 0.301 e. The van der Waals surface area contributed by atoms with E-state index in [4.69, 9.17) is 4.74 Å². The molecule has 0 saturated carbocycles. The SMILES string of the molecule is COc1ccc(/C(O)=C2\C(=O)C(=O)N(c3nc4cc(F)c(F)cc4s3)C2c2cccs2)cc1. The van der Waals surface area contributed by atoms with Crippen LogP contribution in [0.4, 0.5) is 13.9 Å². The number of Topliss-reactive ketones (excluding diaryl/α,β-unsaturated/α-hetero) is 1. The minimum Gasteiger partial charge on any atom is -0.507 e. The summed E-state index contributed by atoms with van der Waals surface area (Å²) in [5.74, 6) is -3.63. The van der Waals surface area contributed by atoms with Gasteiger partial charge in [0.05, 0.1) is 22.9 Å². The van der Waals surface area contributed by atoms with Gasteiger partial charge in [-0.05, 0) is 41.8 Å². The van der Waals surface area contributed by atoms with Gasteiger partial charge in [0.1, 0.15) is 17.6 Å². The summed E-state index contributed by atoms with van der Waals surface area (Å²) < 4.78 is 32.8. The zero-order valence-corrected chi connectivity index (χ0v) is 18.5. The van der Waals surface area contributed by atoms with Gasteiger partial charge in [0.2, 0.25) is 0 Å². The van der Waals surface area contributed by atoms with Crippen molar-refractivity contribution < 1.29 is 28.2 Å². The summed E-state index contributed by atoms with van der Waals surface area (Å²) in [6.45, 7) is 0. The van der Waals surface area contributed by atoms with Crippen LogP contribution in [0.1, 0.15) is 16.5 Å². The molecule has 1 fully saturated rings. The Hall–Kier alpha value is -3.63. The zero-order valence-electron chi connectivity index (χ0n) is 16.9. The lowest BCUT2D eigenvalue weighted by molar-refractivity contribution is -0.132. The Bertz CT molecular complexity index is 1390. The molecular weight excluding hydrogens is 470 g/mol. The van der Waals surface area contributed by atoms with E-state index in [0.717, 1.165) is 23.5 Å². The molecule has 0 spiro atoms. The molecule has 0 aliphatic carbocycles. The highest BCUT2D eigenvalue weighted by Crippen LogP contribution is 2.45. The monoisotopic (exact) mass is 484 g/mol. The van der Waals surface area contributed by atoms with Crippen molar-refractivity contribution in [2.75, 3.05) is 12.0 Å². The first-order valence-electron chi connectivity index (χ1n) is 9.63. The Morgan fingerprint density at radius 3 is 2.52 bits per heavy atom. The van der Waals surface area contributed by atoms with E-state index in [-0.39, 0.29) is 22.0 Å². The third kappa shape index (κ3) is 3.47. The first-order valence-corrected chi connectivity index (χ1v) is 11.3. The number of nitrogens with zero attached hydrogens (tertiary/aromatic N) is 2. The van der Waals surface area contributed by atoms with Crippen molar-refractivity contribution in [2.45, 2.75) is 6.04 Å². The fourth-order valence-corrected chi connectivity index (χ4v) is 5.49. The third-order valence-corrected chi connectivity index (χ3v) is 7.19. The molecule has 1 N–H and O–H groups in total. The van der Waals surface area contributed by atoms with Crippen LogP contribution in [-0.4, -0.2) is 28.9 Å². The summed E-state index contributed by atoms with van der Waals surface area (Å²) in [4.78, 5) is 32.3. The molecule has 2 aromatic carbocycles. The van der Waals surface area contributed by atoms with E-state index in [0.29, 0.717) is 20.9 Å². The van der Waals surface area contributed by atoms with Crippen LogP contribution in [0.5, 0.6) is 5.75 Å². The summed E-state index contributed by atoms with van der Waals surface area (Å²) in [6, 6.07) is 10.9. The number of ketones is 1. The topological polar surface area (TPSA) is 79.7 Å². The minimum atomic E-state index is -1.06. The standard InChI is InChI=1S/C23H14F2N2O4S2/c1-31-12-6-4-11(5-7-12)20(28)18-19(16-3-2-8-32-16)27(22(30)21(18)29)23-26-15-9-13(24)14(25)10-17(15)33-23/h2-10,19,28H,1H3/b20-18+. The number of benzene rings is 2. The fraction of sp³-hybridized carbons (Fsp3) is 0.0870. The molecule has 0 radical (unpaired) electrons. The summed E-state index contributed by atoms with van der Waals surface area (Å²) in [6.07, 6.45) is 0. The van der Waals surface area contributed by atoms with Gasteiger partial charge < -0.3 is 9.84 Å². The molecule has 3 heterocycles. The number of anilines is 1. The molecule has 1 saturated heterocycles. The van der Waals surface area contributed by atoms with E-state index >= 15 is 0 Å². The molecule has 6 nitrogen and oxygen atoms in total. The predicted octanol–water partition coefficient (Wildman–Crippen LogP) is 5.27. The predicted molar refractivity (Wildman–Crippen MR) is 122 cm³/mol. The fourth-order valence-electron chi connectivity index (χ4n) is 3.66. The maximum absolute atomic E-state index is 13.7. The number of aliphatic hydroxyl groups excluding tert-OH is 1. The highest BCUT2D eigenvalue weighted by Gasteiger charge is 2.48. The van der Waals surface area contributed by atoms with Crippen molar-refractivity contribution in [3.63, 3.8) is 0 Å². The van der Waals surface area contributed by atoms with Crippen LogP contribution in [0.2, 0.25) is 0 Å². The van der Waals surface area contributed by atoms with Crippen molar-refractivity contribution in [3.8, 4) is 5.75 Å². The van der Waals surface area contributed by atoms with Crippen LogP contribution in [0, 0.1) is 11.6 Å². The van der Waals surface area contributed by atoms with Crippen LogP contribution in [0.15, 0.2) is 59.5 Å². The van der Waals surface area contributed by atoms with Gasteiger partial charge in [-0.1, -0.05) is 17.4 Å². The second-order valence-corrected chi connectivity index (χ2v) is 9.13. The molecule has 5 rings (SSSR count). The summed E-state index contributed by atoms with van der Waals surface area (Å²) in [7, 11) is 1.51. The Kier molecular flexibility index (Phi) is 5.18. The second kappa shape index (κ2) is 8.05. The van der Waals surface area contributed by atoms with Crippen molar-refractivity contribution in [1.82, 2.24) is 4.98 Å². The molecule has 1 atom stereocenters. The highest BCUT2D eigenvalue weighted by atomic mass is 32.1. The second-order valence-electron chi connectivity index (χ2n) is 7.14. The molecule has 10 heteroatoms. The molecule has 1 aliphatic heterocycles. The van der Waals surface area contributed by atoms with Gasteiger partial charge in [-0.3, -0.25) is 14.5 Å². The summed E-state index contributed by atoms with van der Waals surface area (Å²) in [5, 5.41) is 12.9. The van der Waals surface area contributed by atoms with Gasteiger partial charge >= 0.3 is 5.91 Å². The molecule has 0 bridgehead atoms. The number of thiophene rings is 1. The third-order valence-electron chi connectivity index (χ3n) is 5.25. The van der Waals surface area contributed by atoms with Crippen LogP contribution in [0.3, 0.4) is 0 Å². The molecule has 1 unspecified atom stereocenters. The molecule has 166 valence electrons. The number of ether oxygens (including phenoxy) is 1. The Morgan fingerprint density at radius 1 is 1.12 bits per heavy atom. The maximum atomic E-state index is 13.7. The van der Waals surface area contributed by atoms with Crippen LogP contribution < -0.4 is 9.64 Å². The van der Waals surface area contributed by atoms with Crippen molar-refractivity contribution >= 4 is 55.5 Å². The zero-order chi connectivity index (χ0) is 23.3. The minimum absolute atomic E-state index is 0.0933. The molecule has 1 amide bonds. The van der Waals surface area contributed by atoms with E-state index in [1.807, 2.05) is 0 Å². The Morgan fingerprint density at radius 2 is 1.85 bits per heavy atom. The van der Waals surface area contributed by atoms with Gasteiger partial charge in [-0.15, -0.1) is 11.3 Å².